The Kier molecular flexibility index (Phi) is 10.2. The zero-order valence-electron chi connectivity index (χ0n) is 22.1. The van der Waals surface area contributed by atoms with Gasteiger partial charge in [0.05, 0.1) is 0 Å². The average Bonchev–Trinajstić information content (AvgIpc) is 2.99. The van der Waals surface area contributed by atoms with Crippen molar-refractivity contribution in [3.05, 3.63) is 119 Å². The number of aromatic hydroxyl groups is 4. The second-order valence-electron chi connectivity index (χ2n) is 8.97. The minimum Gasteiger partial charge on any atom is -0.506 e. The van der Waals surface area contributed by atoms with Crippen molar-refractivity contribution in [3.8, 4) is 23.0 Å². The second-order valence-corrected chi connectivity index (χ2v) is 9.85. The number of phenols is 4. The molecule has 0 aromatic heterocycles. The Labute approximate surface area is 267 Å². The summed E-state index contributed by atoms with van der Waals surface area (Å²) in [7, 11) is 0. The van der Waals surface area contributed by atoms with Crippen molar-refractivity contribution in [1.82, 2.24) is 0 Å². The minimum atomic E-state index is -0.0251. The van der Waals surface area contributed by atoms with Crippen LogP contribution in [0.3, 0.4) is 0 Å². The summed E-state index contributed by atoms with van der Waals surface area (Å²) in [5.41, 5.74) is 1.20. The molecule has 0 fully saturated rings. The fourth-order valence-corrected chi connectivity index (χ4v) is 4.39. The van der Waals surface area contributed by atoms with Crippen molar-refractivity contribution < 1.29 is 37.8 Å². The molecule has 0 heterocycles. The Bertz CT molecular complexity index is 1840. The smallest absolute Gasteiger partial charge is 0.143 e. The van der Waals surface area contributed by atoms with Gasteiger partial charge in [-0.2, -0.15) is 0 Å². The van der Waals surface area contributed by atoms with E-state index in [0.717, 1.165) is 21.5 Å². The summed E-state index contributed by atoms with van der Waals surface area (Å²) in [6, 6.07) is 30.8. The van der Waals surface area contributed by atoms with Crippen LogP contribution in [0.2, 0.25) is 10.0 Å². The monoisotopic (exact) mass is 648 g/mol. The van der Waals surface area contributed by atoms with Crippen molar-refractivity contribution in [2.75, 3.05) is 0 Å². The molecule has 43 heavy (non-hydrogen) atoms. The Balaban J connectivity index is 0.000000192. The zero-order valence-corrected chi connectivity index (χ0v) is 24.9. The summed E-state index contributed by atoms with van der Waals surface area (Å²) in [6.45, 7) is 0. The number of halogens is 2. The van der Waals surface area contributed by atoms with Crippen molar-refractivity contribution in [2.45, 2.75) is 0 Å². The van der Waals surface area contributed by atoms with E-state index in [9.17, 15) is 20.4 Å². The fourth-order valence-electron chi connectivity index (χ4n) is 4.06. The van der Waals surface area contributed by atoms with Crippen molar-refractivity contribution >= 4 is 67.5 Å². The van der Waals surface area contributed by atoms with E-state index < -0.39 is 0 Å². The third-order valence-corrected chi connectivity index (χ3v) is 6.62. The predicted molar refractivity (Wildman–Crippen MR) is 166 cm³/mol. The number of rotatable bonds is 4. The zero-order chi connectivity index (χ0) is 29.6. The average molecular weight is 649 g/mol. The number of azo groups is 2. The van der Waals surface area contributed by atoms with E-state index >= 15 is 0 Å². The maximum Gasteiger partial charge on any atom is 0.143 e. The molecule has 6 aromatic rings. The summed E-state index contributed by atoms with van der Waals surface area (Å²) in [6.07, 6.45) is 0. The van der Waals surface area contributed by atoms with E-state index in [1.165, 1.54) is 24.3 Å². The van der Waals surface area contributed by atoms with Gasteiger partial charge in [-0.3, -0.25) is 0 Å². The molecule has 0 atom stereocenters. The van der Waals surface area contributed by atoms with Crippen LogP contribution in [0.5, 0.6) is 23.0 Å². The molecule has 0 aliphatic carbocycles. The number of hydrogen-bond donors (Lipinski definition) is 4. The molecular weight excluding hydrogens is 627 g/mol. The number of hydrogen-bond acceptors (Lipinski definition) is 8. The maximum absolute atomic E-state index is 9.97. The second kappa shape index (κ2) is 14.0. The fraction of sp³-hybridized carbons (Fsp3) is 0. The van der Waals surface area contributed by atoms with Gasteiger partial charge in [0.2, 0.25) is 0 Å². The Hall–Kier alpha value is -4.65. The normalized spacial score (nSPS) is 11.0. The molecule has 0 amide bonds. The van der Waals surface area contributed by atoms with Crippen LogP contribution in [0.4, 0.5) is 22.7 Å². The third kappa shape index (κ3) is 7.41. The van der Waals surface area contributed by atoms with Gasteiger partial charge in [0, 0.05) is 38.2 Å². The van der Waals surface area contributed by atoms with Gasteiger partial charge >= 0.3 is 0 Å². The predicted octanol–water partition coefficient (Wildman–Crippen LogP) is 10.6. The molecule has 0 aliphatic rings. The van der Waals surface area contributed by atoms with E-state index in [0.29, 0.717) is 21.4 Å². The van der Waals surface area contributed by atoms with Gasteiger partial charge in [0.25, 0.3) is 0 Å². The Morgan fingerprint density at radius 3 is 1.21 bits per heavy atom. The maximum atomic E-state index is 9.97. The largest absolute Gasteiger partial charge is 0.506 e. The summed E-state index contributed by atoms with van der Waals surface area (Å²) in [4.78, 5) is 0. The molecule has 0 saturated carbocycles. The van der Waals surface area contributed by atoms with Gasteiger partial charge in [0.1, 0.15) is 45.7 Å². The molecule has 0 bridgehead atoms. The SMILES string of the molecule is Oc1ccc(Cl)cc1N=Nc1c(O)ccc2ccccc12.Oc1ccc(Cl)cc1N=Nc1c(O)ccc2ccccc12.[Cr]. The molecule has 4 N–H and O–H groups in total. The van der Waals surface area contributed by atoms with E-state index in [2.05, 4.69) is 20.5 Å². The molecule has 11 heteroatoms. The number of phenolic OH excluding ortho intramolecular Hbond substituents is 4. The molecule has 0 unspecified atom stereocenters. The molecule has 6 rings (SSSR count). The van der Waals surface area contributed by atoms with Crippen molar-refractivity contribution in [1.29, 1.82) is 0 Å². The summed E-state index contributed by atoms with van der Waals surface area (Å²) in [5.74, 6) is 0.00342. The summed E-state index contributed by atoms with van der Waals surface area (Å²) < 4.78 is 0. The third-order valence-electron chi connectivity index (χ3n) is 6.15. The van der Waals surface area contributed by atoms with Gasteiger partial charge in [0.15, 0.2) is 0 Å². The van der Waals surface area contributed by atoms with Crippen LogP contribution in [0.15, 0.2) is 130 Å². The standard InChI is InChI=1S/2C16H11ClN2O2.Cr/c2*17-11-6-8-14(20)13(9-11)18-19-16-12-4-2-1-3-10(12)5-7-15(16)21;/h2*1-9,20-21H;. The van der Waals surface area contributed by atoms with Gasteiger partial charge in [-0.05, 0) is 59.3 Å². The first-order chi connectivity index (χ1) is 20.3. The van der Waals surface area contributed by atoms with Gasteiger partial charge in [-0.25, -0.2) is 0 Å². The van der Waals surface area contributed by atoms with Crippen LogP contribution in [0, 0.1) is 0 Å². The van der Waals surface area contributed by atoms with Crippen LogP contribution >= 0.6 is 23.2 Å². The van der Waals surface area contributed by atoms with Crippen LogP contribution in [0.25, 0.3) is 21.5 Å². The Morgan fingerprint density at radius 1 is 0.419 bits per heavy atom. The topological polar surface area (TPSA) is 130 Å². The summed E-state index contributed by atoms with van der Waals surface area (Å²) >= 11 is 11.7. The van der Waals surface area contributed by atoms with Crippen LogP contribution in [0.1, 0.15) is 0 Å². The van der Waals surface area contributed by atoms with E-state index in [1.54, 1.807) is 36.4 Å². The molecule has 0 radical (unpaired) electrons. The van der Waals surface area contributed by atoms with Crippen molar-refractivity contribution in [2.24, 2.45) is 20.5 Å². The molecule has 214 valence electrons. The first kappa shape index (κ1) is 31.3. The summed E-state index contributed by atoms with van der Waals surface area (Å²) in [5, 5.41) is 59.8. The van der Waals surface area contributed by atoms with E-state index in [-0.39, 0.29) is 51.7 Å². The molecule has 0 aliphatic heterocycles. The number of benzene rings is 6. The molecule has 6 aromatic carbocycles. The number of fused-ring (bicyclic) bond motifs is 2. The molecule has 8 nitrogen and oxygen atoms in total. The van der Waals surface area contributed by atoms with Crippen LogP contribution < -0.4 is 0 Å². The first-order valence-corrected chi connectivity index (χ1v) is 13.3. The van der Waals surface area contributed by atoms with E-state index in [1.807, 2.05) is 48.5 Å². The minimum absolute atomic E-state index is 0. The van der Waals surface area contributed by atoms with Crippen LogP contribution in [-0.4, -0.2) is 20.4 Å². The number of nitrogens with zero attached hydrogens (tertiary/aromatic N) is 4. The Morgan fingerprint density at radius 2 is 0.791 bits per heavy atom. The van der Waals surface area contributed by atoms with Gasteiger partial charge in [-0.1, -0.05) is 83.9 Å². The van der Waals surface area contributed by atoms with E-state index in [4.69, 9.17) is 23.2 Å². The molecular formula is C32H22Cl2CrN4O4. The van der Waals surface area contributed by atoms with Crippen molar-refractivity contribution in [3.63, 3.8) is 0 Å². The first-order valence-electron chi connectivity index (χ1n) is 12.5. The quantitative estimate of drug-likeness (QED) is 0.142. The van der Waals surface area contributed by atoms with Gasteiger partial charge < -0.3 is 20.4 Å². The molecule has 0 spiro atoms. The van der Waals surface area contributed by atoms with Gasteiger partial charge in [-0.15, -0.1) is 20.5 Å². The van der Waals surface area contributed by atoms with Crippen LogP contribution in [-0.2, 0) is 17.4 Å². The molecule has 0 saturated heterocycles.